The predicted octanol–water partition coefficient (Wildman–Crippen LogP) is 4.70. The van der Waals surface area contributed by atoms with Crippen molar-refractivity contribution in [1.29, 1.82) is 0 Å². The van der Waals surface area contributed by atoms with Crippen molar-refractivity contribution in [2.24, 2.45) is 0 Å². The Morgan fingerprint density at radius 3 is 2.60 bits per heavy atom. The molecule has 102 valence electrons. The molecule has 0 aliphatic rings. The Morgan fingerprint density at radius 2 is 1.90 bits per heavy atom. The lowest BCUT2D eigenvalue weighted by molar-refractivity contribution is 0.508. The number of para-hydroxylation sites is 1. The van der Waals surface area contributed by atoms with E-state index in [2.05, 4.69) is 4.98 Å². The molecule has 0 saturated carbocycles. The average Bonchev–Trinajstić information content (AvgIpc) is 2.82. The second-order valence-electron chi connectivity index (χ2n) is 4.20. The van der Waals surface area contributed by atoms with Crippen molar-refractivity contribution in [3.05, 3.63) is 58.9 Å². The fraction of sp³-hybridized carbons (Fsp3) is 0.0714. The van der Waals surface area contributed by atoms with Crippen LogP contribution in [0.3, 0.4) is 0 Å². The van der Waals surface area contributed by atoms with Gasteiger partial charge in [0.1, 0.15) is 5.82 Å². The predicted molar refractivity (Wildman–Crippen MR) is 75.6 cm³/mol. The number of halogens is 4. The summed E-state index contributed by atoms with van der Waals surface area (Å²) in [7, 11) is 0. The van der Waals surface area contributed by atoms with Crippen molar-refractivity contribution >= 4 is 34.2 Å². The fourth-order valence-corrected chi connectivity index (χ4v) is 2.56. The molecule has 1 heterocycles. The van der Waals surface area contributed by atoms with Gasteiger partial charge in [-0.3, -0.25) is 4.57 Å². The van der Waals surface area contributed by atoms with Crippen LogP contribution in [0.15, 0.2) is 36.4 Å². The highest BCUT2D eigenvalue weighted by molar-refractivity contribution is 6.35. The standard InChI is InChI=1S/C14H8Cl2F2N2/c15-7-13-19-12-3-1-2-9(16)14(12)20(13)8-4-5-10(17)11(18)6-8/h1-6H,7H2. The third-order valence-electron chi connectivity index (χ3n) is 2.98. The first-order valence-corrected chi connectivity index (χ1v) is 6.70. The van der Waals surface area contributed by atoms with Crippen molar-refractivity contribution < 1.29 is 8.78 Å². The Bertz CT molecular complexity index is 799. The molecule has 0 atom stereocenters. The van der Waals surface area contributed by atoms with E-state index in [4.69, 9.17) is 23.2 Å². The Morgan fingerprint density at radius 1 is 1.10 bits per heavy atom. The highest BCUT2D eigenvalue weighted by Crippen LogP contribution is 2.29. The van der Waals surface area contributed by atoms with Crippen molar-refractivity contribution in [2.45, 2.75) is 5.88 Å². The molecule has 20 heavy (non-hydrogen) atoms. The van der Waals surface area contributed by atoms with Crippen LogP contribution in [-0.2, 0) is 5.88 Å². The second-order valence-corrected chi connectivity index (χ2v) is 4.88. The van der Waals surface area contributed by atoms with Crippen LogP contribution < -0.4 is 0 Å². The molecule has 2 nitrogen and oxygen atoms in total. The Hall–Kier alpha value is -1.65. The summed E-state index contributed by atoms with van der Waals surface area (Å²) < 4.78 is 28.1. The van der Waals surface area contributed by atoms with Crippen LogP contribution in [0.25, 0.3) is 16.7 Å². The van der Waals surface area contributed by atoms with Crippen LogP contribution in [0.5, 0.6) is 0 Å². The first kappa shape index (κ1) is 13.3. The normalized spacial score (nSPS) is 11.2. The van der Waals surface area contributed by atoms with E-state index in [1.54, 1.807) is 22.8 Å². The molecule has 0 aliphatic heterocycles. The number of benzene rings is 2. The molecule has 6 heteroatoms. The summed E-state index contributed by atoms with van der Waals surface area (Å²) >= 11 is 12.1. The smallest absolute Gasteiger partial charge is 0.160 e. The van der Waals surface area contributed by atoms with Crippen LogP contribution in [0, 0.1) is 11.6 Å². The van der Waals surface area contributed by atoms with Gasteiger partial charge in [-0.2, -0.15) is 0 Å². The summed E-state index contributed by atoms with van der Waals surface area (Å²) in [4.78, 5) is 4.35. The quantitative estimate of drug-likeness (QED) is 0.627. The Balaban J connectivity index is 2.36. The first-order valence-electron chi connectivity index (χ1n) is 5.79. The Labute approximate surface area is 123 Å². The highest BCUT2D eigenvalue weighted by Gasteiger charge is 2.15. The summed E-state index contributed by atoms with van der Waals surface area (Å²) in [6.45, 7) is 0. The molecule has 0 radical (unpaired) electrons. The van der Waals surface area contributed by atoms with Crippen molar-refractivity contribution in [3.8, 4) is 5.69 Å². The van der Waals surface area contributed by atoms with Gasteiger partial charge in [0, 0.05) is 6.07 Å². The lowest BCUT2D eigenvalue weighted by Gasteiger charge is -2.09. The van der Waals surface area contributed by atoms with E-state index in [1.807, 2.05) is 0 Å². The zero-order chi connectivity index (χ0) is 14.3. The number of fused-ring (bicyclic) bond motifs is 1. The van der Waals surface area contributed by atoms with Crippen molar-refractivity contribution in [2.75, 3.05) is 0 Å². The molecule has 0 fully saturated rings. The van der Waals surface area contributed by atoms with Crippen LogP contribution in [0.2, 0.25) is 5.02 Å². The van der Waals surface area contributed by atoms with E-state index in [0.29, 0.717) is 27.6 Å². The molecule has 0 unspecified atom stereocenters. The van der Waals surface area contributed by atoms with Gasteiger partial charge in [0.05, 0.1) is 27.6 Å². The number of hydrogen-bond acceptors (Lipinski definition) is 1. The van der Waals surface area contributed by atoms with E-state index in [1.165, 1.54) is 6.07 Å². The molecule has 0 spiro atoms. The van der Waals surface area contributed by atoms with Crippen LogP contribution >= 0.6 is 23.2 Å². The van der Waals surface area contributed by atoms with Gasteiger partial charge in [-0.05, 0) is 24.3 Å². The lowest BCUT2D eigenvalue weighted by atomic mass is 10.2. The van der Waals surface area contributed by atoms with E-state index >= 15 is 0 Å². The van der Waals surface area contributed by atoms with Crippen molar-refractivity contribution in [1.82, 2.24) is 9.55 Å². The van der Waals surface area contributed by atoms with Gasteiger partial charge in [-0.15, -0.1) is 11.6 Å². The maximum Gasteiger partial charge on any atom is 0.160 e. The van der Waals surface area contributed by atoms with Gasteiger partial charge in [0.15, 0.2) is 11.6 Å². The topological polar surface area (TPSA) is 17.8 Å². The number of imidazole rings is 1. The monoisotopic (exact) mass is 312 g/mol. The summed E-state index contributed by atoms with van der Waals surface area (Å²) in [6, 6.07) is 8.87. The molecular weight excluding hydrogens is 305 g/mol. The van der Waals surface area contributed by atoms with E-state index in [9.17, 15) is 8.78 Å². The SMILES string of the molecule is Fc1ccc(-n2c(CCl)nc3cccc(Cl)c32)cc1F. The van der Waals surface area contributed by atoms with Gasteiger partial charge >= 0.3 is 0 Å². The molecule has 1 aromatic heterocycles. The van der Waals surface area contributed by atoms with Crippen LogP contribution in [0.4, 0.5) is 8.78 Å². The third kappa shape index (κ3) is 2.05. The second kappa shape index (κ2) is 5.04. The van der Waals surface area contributed by atoms with Gasteiger partial charge < -0.3 is 0 Å². The molecule has 3 aromatic rings. The highest BCUT2D eigenvalue weighted by atomic mass is 35.5. The molecule has 0 amide bonds. The summed E-state index contributed by atoms with van der Waals surface area (Å²) in [6.07, 6.45) is 0. The van der Waals surface area contributed by atoms with Crippen molar-refractivity contribution in [3.63, 3.8) is 0 Å². The maximum atomic E-state index is 13.4. The number of hydrogen-bond donors (Lipinski definition) is 0. The molecule has 0 bridgehead atoms. The summed E-state index contributed by atoms with van der Waals surface area (Å²) in [5.74, 6) is -1.20. The molecular formula is C14H8Cl2F2N2. The number of nitrogens with zero attached hydrogens (tertiary/aromatic N) is 2. The van der Waals surface area contributed by atoms with E-state index in [0.717, 1.165) is 12.1 Å². The number of aromatic nitrogens is 2. The molecule has 0 aliphatic carbocycles. The molecule has 2 aromatic carbocycles. The average molecular weight is 313 g/mol. The first-order chi connectivity index (χ1) is 9.61. The van der Waals surface area contributed by atoms with Crippen LogP contribution in [-0.4, -0.2) is 9.55 Å². The molecule has 3 rings (SSSR count). The number of alkyl halides is 1. The zero-order valence-electron chi connectivity index (χ0n) is 10.1. The van der Waals surface area contributed by atoms with Gasteiger partial charge in [-0.25, -0.2) is 13.8 Å². The summed E-state index contributed by atoms with van der Waals surface area (Å²) in [5, 5.41) is 0.469. The fourth-order valence-electron chi connectivity index (χ4n) is 2.13. The zero-order valence-corrected chi connectivity index (χ0v) is 11.6. The minimum atomic E-state index is -0.933. The maximum absolute atomic E-state index is 13.4. The van der Waals surface area contributed by atoms with Crippen LogP contribution in [0.1, 0.15) is 5.82 Å². The minimum absolute atomic E-state index is 0.129. The van der Waals surface area contributed by atoms with E-state index < -0.39 is 11.6 Å². The minimum Gasteiger partial charge on any atom is -0.294 e. The molecule has 0 N–H and O–H groups in total. The van der Waals surface area contributed by atoms with Gasteiger partial charge in [0.25, 0.3) is 0 Å². The van der Waals surface area contributed by atoms with Gasteiger partial charge in [-0.1, -0.05) is 17.7 Å². The Kier molecular flexibility index (Phi) is 3.36. The molecule has 0 saturated heterocycles. The van der Waals surface area contributed by atoms with E-state index in [-0.39, 0.29) is 5.88 Å². The number of rotatable bonds is 2. The lowest BCUT2D eigenvalue weighted by Crippen LogP contribution is -2.01. The third-order valence-corrected chi connectivity index (χ3v) is 3.52. The summed E-state index contributed by atoms with van der Waals surface area (Å²) in [5.41, 5.74) is 1.70. The van der Waals surface area contributed by atoms with Gasteiger partial charge in [0.2, 0.25) is 0 Å². The largest absolute Gasteiger partial charge is 0.294 e.